The van der Waals surface area contributed by atoms with Crippen LogP contribution in [0.1, 0.15) is 34.6 Å². The molecule has 1 fully saturated rings. The van der Waals surface area contributed by atoms with E-state index in [2.05, 4.69) is 15.3 Å². The zero-order valence-corrected chi connectivity index (χ0v) is 14.2. The van der Waals surface area contributed by atoms with Crippen LogP contribution < -0.4 is 5.32 Å². The Bertz CT molecular complexity index is 504. The van der Waals surface area contributed by atoms with Crippen LogP contribution in [0.4, 0.5) is 0 Å². The number of aryl methyl sites for hydroxylation is 2. The van der Waals surface area contributed by atoms with Crippen LogP contribution in [0.3, 0.4) is 0 Å². The Kier molecular flexibility index (Phi) is 5.97. The number of carbonyl (C=O) groups is 1. The van der Waals surface area contributed by atoms with Crippen LogP contribution in [0.15, 0.2) is 0 Å². The molecular weight excluding hydrogens is 280 g/mol. The first-order valence-corrected chi connectivity index (χ1v) is 8.02. The Morgan fingerprint density at radius 3 is 2.59 bits per heavy atom. The molecule has 1 amide bonds. The first kappa shape index (κ1) is 17.0. The van der Waals surface area contributed by atoms with Crippen LogP contribution in [0.2, 0.25) is 0 Å². The smallest absolute Gasteiger partial charge is 0.255 e. The summed E-state index contributed by atoms with van der Waals surface area (Å²) in [5, 5.41) is 7.39. The van der Waals surface area contributed by atoms with Crippen LogP contribution >= 0.6 is 0 Å². The van der Waals surface area contributed by atoms with Gasteiger partial charge in [0, 0.05) is 32.9 Å². The molecule has 124 valence electrons. The average molecular weight is 308 g/mol. The molecule has 0 aromatic carbocycles. The SMILES string of the molecule is COCCN1CCC(CNC(=O)c2c(C)nn(C)c2C)CC1. The zero-order valence-electron chi connectivity index (χ0n) is 14.2. The monoisotopic (exact) mass is 308 g/mol. The Morgan fingerprint density at radius 2 is 2.05 bits per heavy atom. The predicted molar refractivity (Wildman–Crippen MR) is 86.1 cm³/mol. The lowest BCUT2D eigenvalue weighted by atomic mass is 9.96. The fraction of sp³-hybridized carbons (Fsp3) is 0.750. The number of aromatic nitrogens is 2. The summed E-state index contributed by atoms with van der Waals surface area (Å²) in [4.78, 5) is 14.8. The van der Waals surface area contributed by atoms with E-state index < -0.39 is 0 Å². The van der Waals surface area contributed by atoms with Gasteiger partial charge < -0.3 is 15.0 Å². The van der Waals surface area contributed by atoms with Gasteiger partial charge in [-0.1, -0.05) is 0 Å². The molecule has 0 aliphatic carbocycles. The van der Waals surface area contributed by atoms with E-state index in [-0.39, 0.29) is 5.91 Å². The third-order valence-corrected chi connectivity index (χ3v) is 4.61. The van der Waals surface area contributed by atoms with E-state index in [1.165, 1.54) is 0 Å². The number of methoxy groups -OCH3 is 1. The predicted octanol–water partition coefficient (Wildman–Crippen LogP) is 1.13. The normalized spacial score (nSPS) is 16.9. The van der Waals surface area contributed by atoms with E-state index in [9.17, 15) is 4.79 Å². The summed E-state index contributed by atoms with van der Waals surface area (Å²) in [7, 11) is 3.61. The molecule has 6 heteroatoms. The van der Waals surface area contributed by atoms with E-state index in [1.54, 1.807) is 11.8 Å². The Balaban J connectivity index is 1.78. The number of piperidine rings is 1. The van der Waals surface area contributed by atoms with Crippen molar-refractivity contribution in [3.8, 4) is 0 Å². The first-order chi connectivity index (χ1) is 10.5. The maximum Gasteiger partial charge on any atom is 0.255 e. The minimum Gasteiger partial charge on any atom is -0.383 e. The van der Waals surface area contributed by atoms with Gasteiger partial charge in [-0.15, -0.1) is 0 Å². The maximum absolute atomic E-state index is 12.4. The molecule has 1 aliphatic heterocycles. The highest BCUT2D eigenvalue weighted by atomic mass is 16.5. The molecule has 0 unspecified atom stereocenters. The molecular formula is C16H28N4O2. The number of amides is 1. The number of ether oxygens (including phenoxy) is 1. The van der Waals surface area contributed by atoms with Crippen molar-refractivity contribution in [2.24, 2.45) is 13.0 Å². The van der Waals surface area contributed by atoms with E-state index in [4.69, 9.17) is 4.74 Å². The van der Waals surface area contributed by atoms with Crippen molar-refractivity contribution in [3.63, 3.8) is 0 Å². The number of nitrogens with one attached hydrogen (secondary N) is 1. The van der Waals surface area contributed by atoms with Gasteiger partial charge in [-0.3, -0.25) is 9.48 Å². The Hall–Kier alpha value is -1.40. The van der Waals surface area contributed by atoms with Crippen LogP contribution in [0, 0.1) is 19.8 Å². The molecule has 1 aliphatic rings. The summed E-state index contributed by atoms with van der Waals surface area (Å²) >= 11 is 0. The molecule has 0 saturated carbocycles. The summed E-state index contributed by atoms with van der Waals surface area (Å²) in [6.07, 6.45) is 2.27. The largest absolute Gasteiger partial charge is 0.383 e. The number of rotatable bonds is 6. The second-order valence-electron chi connectivity index (χ2n) is 6.16. The van der Waals surface area contributed by atoms with Crippen molar-refractivity contribution in [3.05, 3.63) is 17.0 Å². The second-order valence-corrected chi connectivity index (χ2v) is 6.16. The standard InChI is InChI=1S/C16H28N4O2/c1-12-15(13(2)19(3)18-12)16(21)17-11-14-5-7-20(8-6-14)9-10-22-4/h14H,5-11H2,1-4H3,(H,17,21). The number of hydrogen-bond acceptors (Lipinski definition) is 4. The molecule has 6 nitrogen and oxygen atoms in total. The quantitative estimate of drug-likeness (QED) is 0.856. The van der Waals surface area contributed by atoms with Gasteiger partial charge in [0.25, 0.3) is 5.91 Å². The van der Waals surface area contributed by atoms with Crippen LogP contribution in [0.5, 0.6) is 0 Å². The minimum atomic E-state index is 0.00455. The van der Waals surface area contributed by atoms with Crippen molar-refractivity contribution in [2.45, 2.75) is 26.7 Å². The molecule has 2 heterocycles. The molecule has 1 aromatic rings. The molecule has 1 aromatic heterocycles. The van der Waals surface area contributed by atoms with Crippen molar-refractivity contribution in [1.29, 1.82) is 0 Å². The highest BCUT2D eigenvalue weighted by molar-refractivity contribution is 5.96. The minimum absolute atomic E-state index is 0.00455. The number of nitrogens with zero attached hydrogens (tertiary/aromatic N) is 3. The highest BCUT2D eigenvalue weighted by Gasteiger charge is 2.21. The van der Waals surface area contributed by atoms with E-state index in [1.807, 2.05) is 20.9 Å². The van der Waals surface area contributed by atoms with Crippen molar-refractivity contribution in [2.75, 3.05) is 39.9 Å². The van der Waals surface area contributed by atoms with E-state index >= 15 is 0 Å². The molecule has 0 spiro atoms. The topological polar surface area (TPSA) is 59.4 Å². The summed E-state index contributed by atoms with van der Waals surface area (Å²) in [6, 6.07) is 0. The van der Waals surface area contributed by atoms with Gasteiger partial charge in [0.2, 0.25) is 0 Å². The summed E-state index contributed by atoms with van der Waals surface area (Å²) in [5.41, 5.74) is 2.44. The van der Waals surface area contributed by atoms with Gasteiger partial charge in [0.1, 0.15) is 0 Å². The fourth-order valence-electron chi connectivity index (χ4n) is 3.06. The van der Waals surface area contributed by atoms with Gasteiger partial charge in [-0.25, -0.2) is 0 Å². The van der Waals surface area contributed by atoms with Crippen LogP contribution in [-0.4, -0.2) is 60.5 Å². The first-order valence-electron chi connectivity index (χ1n) is 8.02. The van der Waals surface area contributed by atoms with Crippen LogP contribution in [0.25, 0.3) is 0 Å². The van der Waals surface area contributed by atoms with Crippen molar-refractivity contribution >= 4 is 5.91 Å². The molecule has 22 heavy (non-hydrogen) atoms. The van der Waals surface area contributed by atoms with Crippen molar-refractivity contribution in [1.82, 2.24) is 20.0 Å². The van der Waals surface area contributed by atoms with Gasteiger partial charge in [-0.05, 0) is 45.7 Å². The van der Waals surface area contributed by atoms with Gasteiger partial charge in [0.05, 0.1) is 17.9 Å². The molecule has 1 N–H and O–H groups in total. The van der Waals surface area contributed by atoms with Crippen LogP contribution in [-0.2, 0) is 11.8 Å². The molecule has 0 radical (unpaired) electrons. The Morgan fingerprint density at radius 1 is 1.36 bits per heavy atom. The number of hydrogen-bond donors (Lipinski definition) is 1. The molecule has 1 saturated heterocycles. The van der Waals surface area contributed by atoms with Crippen molar-refractivity contribution < 1.29 is 9.53 Å². The Labute approximate surface area is 132 Å². The lowest BCUT2D eigenvalue weighted by Gasteiger charge is -2.31. The molecule has 2 rings (SSSR count). The fourth-order valence-corrected chi connectivity index (χ4v) is 3.06. The average Bonchev–Trinajstić information content (AvgIpc) is 2.76. The summed E-state index contributed by atoms with van der Waals surface area (Å²) in [6.45, 7) is 8.55. The van der Waals surface area contributed by atoms with E-state index in [0.717, 1.165) is 62.6 Å². The lowest BCUT2D eigenvalue weighted by molar-refractivity contribution is 0.0924. The lowest BCUT2D eigenvalue weighted by Crippen LogP contribution is -2.40. The third-order valence-electron chi connectivity index (χ3n) is 4.61. The number of likely N-dealkylation sites (tertiary alicyclic amines) is 1. The molecule has 0 bridgehead atoms. The van der Waals surface area contributed by atoms with Gasteiger partial charge in [-0.2, -0.15) is 5.10 Å². The van der Waals surface area contributed by atoms with Gasteiger partial charge >= 0.3 is 0 Å². The van der Waals surface area contributed by atoms with E-state index in [0.29, 0.717) is 5.92 Å². The highest BCUT2D eigenvalue weighted by Crippen LogP contribution is 2.17. The third kappa shape index (κ3) is 4.08. The summed E-state index contributed by atoms with van der Waals surface area (Å²) < 4.78 is 6.88. The van der Waals surface area contributed by atoms with Gasteiger partial charge in [0.15, 0.2) is 0 Å². The maximum atomic E-state index is 12.4. The zero-order chi connectivity index (χ0) is 16.1. The summed E-state index contributed by atoms with van der Waals surface area (Å²) in [5.74, 6) is 0.574. The second kappa shape index (κ2) is 7.74. The molecule has 0 atom stereocenters. The number of carbonyl (C=O) groups excluding carboxylic acids is 1.